The Balaban J connectivity index is 1.95. The SMILES string of the molecule is CCOC(=O)COC(=O)Nc1nc(OCc2cccc(C#N)c2)ncc1F. The van der Waals surface area contributed by atoms with Crippen LogP contribution in [-0.4, -0.2) is 35.2 Å². The molecule has 0 saturated heterocycles. The number of amides is 1. The predicted molar refractivity (Wildman–Crippen MR) is 89.1 cm³/mol. The molecule has 9 nitrogen and oxygen atoms in total. The average Bonchev–Trinajstić information content (AvgIpc) is 2.67. The van der Waals surface area contributed by atoms with Crippen LogP contribution >= 0.6 is 0 Å². The van der Waals surface area contributed by atoms with Crippen LogP contribution in [0.4, 0.5) is 15.0 Å². The van der Waals surface area contributed by atoms with Crippen molar-refractivity contribution in [3.63, 3.8) is 0 Å². The number of esters is 1. The number of rotatable bonds is 7. The minimum absolute atomic E-state index is 0.0356. The number of aromatic nitrogens is 2. The maximum atomic E-state index is 13.7. The first-order chi connectivity index (χ1) is 13.0. The zero-order chi connectivity index (χ0) is 19.6. The first-order valence-corrected chi connectivity index (χ1v) is 7.75. The second-order valence-corrected chi connectivity index (χ2v) is 4.96. The highest BCUT2D eigenvalue weighted by atomic mass is 19.1. The van der Waals surface area contributed by atoms with Crippen LogP contribution in [0, 0.1) is 17.1 Å². The first kappa shape index (κ1) is 19.6. The molecule has 0 unspecified atom stereocenters. The van der Waals surface area contributed by atoms with Crippen molar-refractivity contribution in [2.24, 2.45) is 0 Å². The van der Waals surface area contributed by atoms with Gasteiger partial charge < -0.3 is 14.2 Å². The molecule has 0 radical (unpaired) electrons. The number of nitrogens with zero attached hydrogens (tertiary/aromatic N) is 3. The minimum atomic E-state index is -1.09. The molecule has 1 heterocycles. The van der Waals surface area contributed by atoms with Gasteiger partial charge in [-0.15, -0.1) is 0 Å². The molecule has 10 heteroatoms. The molecule has 0 spiro atoms. The molecule has 2 rings (SSSR count). The maximum absolute atomic E-state index is 13.7. The van der Waals surface area contributed by atoms with Crippen molar-refractivity contribution in [3.05, 3.63) is 47.4 Å². The Morgan fingerprint density at radius 3 is 2.89 bits per heavy atom. The van der Waals surface area contributed by atoms with Crippen molar-refractivity contribution in [1.82, 2.24) is 9.97 Å². The quantitative estimate of drug-likeness (QED) is 0.732. The van der Waals surface area contributed by atoms with E-state index in [0.29, 0.717) is 11.1 Å². The number of hydrogen-bond acceptors (Lipinski definition) is 8. The van der Waals surface area contributed by atoms with E-state index in [1.165, 1.54) is 0 Å². The fourth-order valence-electron chi connectivity index (χ4n) is 1.85. The van der Waals surface area contributed by atoms with Gasteiger partial charge in [0, 0.05) is 0 Å². The predicted octanol–water partition coefficient (Wildman–Crippen LogP) is 2.18. The Bertz CT molecular complexity index is 869. The van der Waals surface area contributed by atoms with Crippen molar-refractivity contribution in [1.29, 1.82) is 5.26 Å². The number of halogens is 1. The normalized spacial score (nSPS) is 9.81. The van der Waals surface area contributed by atoms with E-state index >= 15 is 0 Å². The van der Waals surface area contributed by atoms with Crippen LogP contribution in [0.5, 0.6) is 6.01 Å². The van der Waals surface area contributed by atoms with E-state index in [-0.39, 0.29) is 19.2 Å². The molecule has 0 fully saturated rings. The highest BCUT2D eigenvalue weighted by Gasteiger charge is 2.14. The Morgan fingerprint density at radius 2 is 2.15 bits per heavy atom. The van der Waals surface area contributed by atoms with Crippen molar-refractivity contribution < 1.29 is 28.2 Å². The smallest absolute Gasteiger partial charge is 0.413 e. The lowest BCUT2D eigenvalue weighted by molar-refractivity contribution is -0.146. The third-order valence-corrected chi connectivity index (χ3v) is 2.99. The van der Waals surface area contributed by atoms with Crippen LogP contribution in [0.2, 0.25) is 0 Å². The van der Waals surface area contributed by atoms with Crippen molar-refractivity contribution in [2.75, 3.05) is 18.5 Å². The Hall–Kier alpha value is -3.74. The number of carbonyl (C=O) groups is 2. The van der Waals surface area contributed by atoms with Gasteiger partial charge in [0.05, 0.1) is 24.4 Å². The number of nitriles is 1. The molecule has 0 aliphatic heterocycles. The van der Waals surface area contributed by atoms with Crippen LogP contribution in [0.3, 0.4) is 0 Å². The van der Waals surface area contributed by atoms with E-state index in [2.05, 4.69) is 19.4 Å². The van der Waals surface area contributed by atoms with Gasteiger partial charge in [-0.3, -0.25) is 5.32 Å². The summed E-state index contributed by atoms with van der Waals surface area (Å²) < 4.78 is 28.2. The Labute approximate surface area is 153 Å². The standard InChI is InChI=1S/C17H15FN4O5/c1-2-25-14(23)10-27-17(24)22-15-13(18)8-20-16(21-15)26-9-12-5-3-4-11(6-12)7-19/h3-6,8H,2,9-10H2,1H3,(H,20,21,22,24). The summed E-state index contributed by atoms with van der Waals surface area (Å²) in [5, 5.41) is 10.9. The summed E-state index contributed by atoms with van der Waals surface area (Å²) in [7, 11) is 0. The fourth-order valence-corrected chi connectivity index (χ4v) is 1.85. The first-order valence-electron chi connectivity index (χ1n) is 7.75. The molecule has 1 aromatic heterocycles. The van der Waals surface area contributed by atoms with E-state index in [1.54, 1.807) is 31.2 Å². The topological polar surface area (TPSA) is 123 Å². The maximum Gasteiger partial charge on any atom is 0.413 e. The molecular formula is C17H15FN4O5. The number of ether oxygens (including phenoxy) is 3. The summed E-state index contributed by atoms with van der Waals surface area (Å²) in [4.78, 5) is 30.1. The zero-order valence-electron chi connectivity index (χ0n) is 14.3. The average molecular weight is 374 g/mol. The van der Waals surface area contributed by atoms with Crippen LogP contribution in [0.15, 0.2) is 30.5 Å². The van der Waals surface area contributed by atoms with E-state index in [1.807, 2.05) is 11.4 Å². The van der Waals surface area contributed by atoms with Gasteiger partial charge in [0.25, 0.3) is 0 Å². The molecule has 140 valence electrons. The van der Waals surface area contributed by atoms with E-state index in [9.17, 15) is 14.0 Å². The molecule has 27 heavy (non-hydrogen) atoms. The molecule has 2 aromatic rings. The number of nitrogens with one attached hydrogen (secondary N) is 1. The van der Waals surface area contributed by atoms with Crippen LogP contribution < -0.4 is 10.1 Å². The lowest BCUT2D eigenvalue weighted by Gasteiger charge is -2.09. The third kappa shape index (κ3) is 6.24. The van der Waals surface area contributed by atoms with Crippen LogP contribution in [0.25, 0.3) is 0 Å². The van der Waals surface area contributed by atoms with Gasteiger partial charge in [-0.05, 0) is 24.6 Å². The second-order valence-electron chi connectivity index (χ2n) is 4.96. The molecular weight excluding hydrogens is 359 g/mol. The number of anilines is 1. The molecule has 0 aliphatic carbocycles. The molecule has 0 bridgehead atoms. The highest BCUT2D eigenvalue weighted by Crippen LogP contribution is 2.15. The summed E-state index contributed by atoms with van der Waals surface area (Å²) in [6, 6.07) is 8.49. The Kier molecular flexibility index (Phi) is 7.01. The summed E-state index contributed by atoms with van der Waals surface area (Å²) >= 11 is 0. The molecule has 1 amide bonds. The monoisotopic (exact) mass is 374 g/mol. The lowest BCUT2D eigenvalue weighted by atomic mass is 10.1. The van der Waals surface area contributed by atoms with Crippen LogP contribution in [-0.2, 0) is 20.9 Å². The molecule has 1 N–H and O–H groups in total. The van der Waals surface area contributed by atoms with Gasteiger partial charge in [-0.2, -0.15) is 10.2 Å². The van der Waals surface area contributed by atoms with Crippen molar-refractivity contribution in [2.45, 2.75) is 13.5 Å². The van der Waals surface area contributed by atoms with Crippen LogP contribution in [0.1, 0.15) is 18.1 Å². The largest absolute Gasteiger partial charge is 0.463 e. The van der Waals surface area contributed by atoms with E-state index in [0.717, 1.165) is 6.20 Å². The van der Waals surface area contributed by atoms with Crippen molar-refractivity contribution >= 4 is 17.9 Å². The summed E-state index contributed by atoms with van der Waals surface area (Å²) in [5.41, 5.74) is 1.15. The van der Waals surface area contributed by atoms with E-state index < -0.39 is 30.3 Å². The summed E-state index contributed by atoms with van der Waals surface area (Å²) in [5.74, 6) is -2.12. The van der Waals surface area contributed by atoms with Gasteiger partial charge in [0.2, 0.25) is 0 Å². The lowest BCUT2D eigenvalue weighted by Crippen LogP contribution is -2.21. The zero-order valence-corrected chi connectivity index (χ0v) is 14.3. The number of hydrogen-bond donors (Lipinski definition) is 1. The van der Waals surface area contributed by atoms with E-state index in [4.69, 9.17) is 10.00 Å². The fraction of sp³-hybridized carbons (Fsp3) is 0.235. The van der Waals surface area contributed by atoms with Gasteiger partial charge >= 0.3 is 18.1 Å². The summed E-state index contributed by atoms with van der Waals surface area (Å²) in [6.07, 6.45) is -0.275. The summed E-state index contributed by atoms with van der Waals surface area (Å²) in [6.45, 7) is 1.16. The van der Waals surface area contributed by atoms with Gasteiger partial charge in [0.1, 0.15) is 6.61 Å². The minimum Gasteiger partial charge on any atom is -0.463 e. The Morgan fingerprint density at radius 1 is 1.33 bits per heavy atom. The van der Waals surface area contributed by atoms with Gasteiger partial charge in [0.15, 0.2) is 18.2 Å². The van der Waals surface area contributed by atoms with Gasteiger partial charge in [-0.25, -0.2) is 19.0 Å². The molecule has 0 saturated carbocycles. The highest BCUT2D eigenvalue weighted by molar-refractivity contribution is 5.85. The number of benzene rings is 1. The second kappa shape index (κ2) is 9.67. The van der Waals surface area contributed by atoms with Crippen molar-refractivity contribution in [3.8, 4) is 12.1 Å². The molecule has 0 atom stereocenters. The molecule has 0 aliphatic rings. The number of carbonyl (C=O) groups excluding carboxylic acids is 2. The van der Waals surface area contributed by atoms with Gasteiger partial charge in [-0.1, -0.05) is 12.1 Å². The molecule has 1 aromatic carbocycles. The third-order valence-electron chi connectivity index (χ3n) is 2.99.